The van der Waals surface area contributed by atoms with Gasteiger partial charge in [-0.2, -0.15) is 0 Å². The molecule has 2 amide bonds. The van der Waals surface area contributed by atoms with E-state index in [0.717, 1.165) is 11.1 Å². The van der Waals surface area contributed by atoms with Crippen molar-refractivity contribution in [3.8, 4) is 0 Å². The number of hydrogen-bond donors (Lipinski definition) is 1. The van der Waals surface area contributed by atoms with E-state index in [1.54, 1.807) is 11.9 Å². The van der Waals surface area contributed by atoms with Gasteiger partial charge in [0.2, 0.25) is 11.8 Å². The number of amides is 2. The van der Waals surface area contributed by atoms with Crippen LogP contribution in [-0.2, 0) is 22.7 Å². The molecule has 1 aliphatic heterocycles. The fourth-order valence-corrected chi connectivity index (χ4v) is 1.98. The van der Waals surface area contributed by atoms with E-state index in [4.69, 9.17) is 5.73 Å². The molecule has 2 N–H and O–H groups in total. The fraction of sp³-hybridized carbons (Fsp3) is 0.385. The van der Waals surface area contributed by atoms with Crippen LogP contribution in [0.2, 0.25) is 0 Å². The minimum Gasteiger partial charge on any atom is -0.335 e. The predicted octanol–water partition coefficient (Wildman–Crippen LogP) is -0.0541. The number of rotatable bonds is 3. The lowest BCUT2D eigenvalue weighted by Crippen LogP contribution is -2.51. The number of benzene rings is 1. The average molecular weight is 247 g/mol. The Morgan fingerprint density at radius 3 is 2.61 bits per heavy atom. The summed E-state index contributed by atoms with van der Waals surface area (Å²) < 4.78 is 0. The van der Waals surface area contributed by atoms with Crippen molar-refractivity contribution in [2.45, 2.75) is 13.1 Å². The quantitative estimate of drug-likeness (QED) is 0.814. The molecule has 1 heterocycles. The summed E-state index contributed by atoms with van der Waals surface area (Å²) in [6.45, 7) is 1.26. The van der Waals surface area contributed by atoms with Gasteiger partial charge < -0.3 is 15.5 Å². The van der Waals surface area contributed by atoms with Gasteiger partial charge in [0.1, 0.15) is 6.54 Å². The first-order valence-corrected chi connectivity index (χ1v) is 5.90. The van der Waals surface area contributed by atoms with Crippen molar-refractivity contribution < 1.29 is 9.59 Å². The molecule has 1 aromatic carbocycles. The second-order valence-electron chi connectivity index (χ2n) is 4.52. The molecule has 2 rings (SSSR count). The molecule has 0 spiro atoms. The summed E-state index contributed by atoms with van der Waals surface area (Å²) in [7, 11) is 1.65. The monoisotopic (exact) mass is 247 g/mol. The van der Waals surface area contributed by atoms with E-state index in [1.165, 1.54) is 4.90 Å². The van der Waals surface area contributed by atoms with Crippen LogP contribution in [0.3, 0.4) is 0 Å². The van der Waals surface area contributed by atoms with Crippen molar-refractivity contribution in [3.05, 3.63) is 35.4 Å². The lowest BCUT2D eigenvalue weighted by molar-refractivity contribution is -0.149. The molecule has 5 heteroatoms. The molecular formula is C13H17N3O2. The number of carbonyl (C=O) groups excluding carboxylic acids is 2. The van der Waals surface area contributed by atoms with Crippen molar-refractivity contribution in [1.82, 2.24) is 9.80 Å². The van der Waals surface area contributed by atoms with Crippen molar-refractivity contribution in [1.29, 1.82) is 0 Å². The molecule has 96 valence electrons. The van der Waals surface area contributed by atoms with Crippen LogP contribution >= 0.6 is 0 Å². The van der Waals surface area contributed by atoms with Crippen LogP contribution in [0.1, 0.15) is 11.1 Å². The third kappa shape index (κ3) is 2.68. The van der Waals surface area contributed by atoms with Gasteiger partial charge in [-0.3, -0.25) is 9.59 Å². The SMILES string of the molecule is CN1CC(=O)N(Cc2cccc(CN)c2)CC1=O. The Kier molecular flexibility index (Phi) is 3.62. The smallest absolute Gasteiger partial charge is 0.242 e. The highest BCUT2D eigenvalue weighted by Crippen LogP contribution is 2.11. The van der Waals surface area contributed by atoms with E-state index < -0.39 is 0 Å². The zero-order chi connectivity index (χ0) is 13.1. The van der Waals surface area contributed by atoms with Gasteiger partial charge in [0.15, 0.2) is 0 Å². The Morgan fingerprint density at radius 1 is 1.17 bits per heavy atom. The van der Waals surface area contributed by atoms with Crippen LogP contribution in [0, 0.1) is 0 Å². The molecule has 5 nitrogen and oxygen atoms in total. The van der Waals surface area contributed by atoms with Crippen molar-refractivity contribution >= 4 is 11.8 Å². The van der Waals surface area contributed by atoms with E-state index in [1.807, 2.05) is 24.3 Å². The Bertz CT molecular complexity index is 473. The van der Waals surface area contributed by atoms with Crippen LogP contribution in [0.15, 0.2) is 24.3 Å². The third-order valence-electron chi connectivity index (χ3n) is 3.08. The fourth-order valence-electron chi connectivity index (χ4n) is 1.98. The number of likely N-dealkylation sites (N-methyl/N-ethyl adjacent to an activating group) is 1. The zero-order valence-electron chi connectivity index (χ0n) is 10.4. The maximum atomic E-state index is 11.8. The summed E-state index contributed by atoms with van der Waals surface area (Å²) in [6.07, 6.45) is 0. The van der Waals surface area contributed by atoms with E-state index in [-0.39, 0.29) is 24.9 Å². The van der Waals surface area contributed by atoms with Crippen molar-refractivity contribution in [2.24, 2.45) is 5.73 Å². The molecule has 18 heavy (non-hydrogen) atoms. The summed E-state index contributed by atoms with van der Waals surface area (Å²) in [4.78, 5) is 26.4. The summed E-state index contributed by atoms with van der Waals surface area (Å²) in [5, 5.41) is 0. The summed E-state index contributed by atoms with van der Waals surface area (Å²) in [6, 6.07) is 7.77. The van der Waals surface area contributed by atoms with E-state index in [9.17, 15) is 9.59 Å². The molecule has 1 aliphatic rings. The first-order valence-electron chi connectivity index (χ1n) is 5.90. The highest BCUT2D eigenvalue weighted by Gasteiger charge is 2.27. The molecule has 0 aliphatic carbocycles. The largest absolute Gasteiger partial charge is 0.335 e. The van der Waals surface area contributed by atoms with Gasteiger partial charge in [0, 0.05) is 20.1 Å². The second kappa shape index (κ2) is 5.18. The predicted molar refractivity (Wildman–Crippen MR) is 67.4 cm³/mol. The van der Waals surface area contributed by atoms with Crippen LogP contribution in [0.25, 0.3) is 0 Å². The Morgan fingerprint density at radius 2 is 1.89 bits per heavy atom. The highest BCUT2D eigenvalue weighted by atomic mass is 16.2. The lowest BCUT2D eigenvalue weighted by Gasteiger charge is -2.31. The van der Waals surface area contributed by atoms with Crippen molar-refractivity contribution in [3.63, 3.8) is 0 Å². The molecule has 0 radical (unpaired) electrons. The number of nitrogens with two attached hydrogens (primary N) is 1. The van der Waals surface area contributed by atoms with Gasteiger partial charge in [-0.25, -0.2) is 0 Å². The first kappa shape index (κ1) is 12.6. The standard InChI is InChI=1S/C13H17N3O2/c1-15-8-13(18)16(9-12(15)17)7-11-4-2-3-10(5-11)6-14/h2-5H,6-9,14H2,1H3. The number of nitrogens with zero attached hydrogens (tertiary/aromatic N) is 2. The molecule has 0 bridgehead atoms. The maximum Gasteiger partial charge on any atom is 0.242 e. The van der Waals surface area contributed by atoms with Gasteiger partial charge in [-0.05, 0) is 11.1 Å². The van der Waals surface area contributed by atoms with Crippen LogP contribution in [0.4, 0.5) is 0 Å². The van der Waals surface area contributed by atoms with E-state index >= 15 is 0 Å². The van der Waals surface area contributed by atoms with Crippen LogP contribution in [0.5, 0.6) is 0 Å². The molecule has 0 atom stereocenters. The maximum absolute atomic E-state index is 11.8. The van der Waals surface area contributed by atoms with Gasteiger partial charge in [-0.15, -0.1) is 0 Å². The van der Waals surface area contributed by atoms with Gasteiger partial charge in [0.05, 0.1) is 6.54 Å². The number of piperazine rings is 1. The minimum absolute atomic E-state index is 0.0183. The van der Waals surface area contributed by atoms with Gasteiger partial charge in [-0.1, -0.05) is 24.3 Å². The summed E-state index contributed by atoms with van der Waals surface area (Å²) in [5.74, 6) is -0.0418. The normalized spacial score (nSPS) is 16.3. The molecule has 0 unspecified atom stereocenters. The molecule has 1 aromatic rings. The molecular weight excluding hydrogens is 230 g/mol. The van der Waals surface area contributed by atoms with E-state index in [2.05, 4.69) is 0 Å². The number of carbonyl (C=O) groups is 2. The Hall–Kier alpha value is -1.88. The van der Waals surface area contributed by atoms with Gasteiger partial charge in [0.25, 0.3) is 0 Å². The topological polar surface area (TPSA) is 66.6 Å². The zero-order valence-corrected chi connectivity index (χ0v) is 10.4. The Labute approximate surface area is 106 Å². The second-order valence-corrected chi connectivity index (χ2v) is 4.52. The summed E-state index contributed by atoms with van der Waals surface area (Å²) in [5.41, 5.74) is 7.61. The highest BCUT2D eigenvalue weighted by molar-refractivity contribution is 5.92. The molecule has 0 saturated carbocycles. The number of hydrogen-bond acceptors (Lipinski definition) is 3. The van der Waals surface area contributed by atoms with E-state index in [0.29, 0.717) is 13.1 Å². The average Bonchev–Trinajstić information content (AvgIpc) is 2.36. The van der Waals surface area contributed by atoms with Gasteiger partial charge >= 0.3 is 0 Å². The molecule has 0 aromatic heterocycles. The summed E-state index contributed by atoms with van der Waals surface area (Å²) >= 11 is 0. The lowest BCUT2D eigenvalue weighted by atomic mass is 10.1. The third-order valence-corrected chi connectivity index (χ3v) is 3.08. The Balaban J connectivity index is 2.08. The molecule has 1 fully saturated rings. The van der Waals surface area contributed by atoms with Crippen LogP contribution < -0.4 is 5.73 Å². The van der Waals surface area contributed by atoms with Crippen LogP contribution in [-0.4, -0.2) is 41.8 Å². The first-order chi connectivity index (χ1) is 8.60. The minimum atomic E-state index is -0.0235. The molecule has 1 saturated heterocycles. The van der Waals surface area contributed by atoms with Crippen molar-refractivity contribution in [2.75, 3.05) is 20.1 Å².